The predicted octanol–water partition coefficient (Wildman–Crippen LogP) is 2.51. The maximum atomic E-state index is 13.1. The van der Waals surface area contributed by atoms with Crippen molar-refractivity contribution in [3.63, 3.8) is 0 Å². The molecule has 0 fully saturated rings. The van der Waals surface area contributed by atoms with Gasteiger partial charge in [-0.15, -0.1) is 0 Å². The van der Waals surface area contributed by atoms with Gasteiger partial charge in [0.25, 0.3) is 11.5 Å². The van der Waals surface area contributed by atoms with E-state index in [2.05, 4.69) is 10.1 Å². The van der Waals surface area contributed by atoms with Gasteiger partial charge in [0.1, 0.15) is 12.4 Å². The van der Waals surface area contributed by atoms with Crippen LogP contribution in [0.3, 0.4) is 0 Å². The van der Waals surface area contributed by atoms with Crippen molar-refractivity contribution in [3.05, 3.63) is 81.2 Å². The second-order valence-electron chi connectivity index (χ2n) is 7.77. The molecule has 2 heterocycles. The smallest absolute Gasteiger partial charge is 0.280 e. The number of carbonyl (C=O) groups excluding carboxylic acids is 1. The van der Waals surface area contributed by atoms with Crippen LogP contribution >= 0.6 is 0 Å². The summed E-state index contributed by atoms with van der Waals surface area (Å²) in [5.41, 5.74) is 2.61. The van der Waals surface area contributed by atoms with Crippen LogP contribution in [-0.2, 0) is 16.1 Å². The molecule has 0 radical (unpaired) electrons. The highest BCUT2D eigenvalue weighted by atomic mass is 16.5. The summed E-state index contributed by atoms with van der Waals surface area (Å²) in [5.74, 6) is 0.108. The molecule has 0 aliphatic carbocycles. The van der Waals surface area contributed by atoms with Crippen LogP contribution in [0.1, 0.15) is 32.3 Å². The molecule has 1 amide bonds. The molecule has 7 heteroatoms. The third-order valence-corrected chi connectivity index (χ3v) is 5.64. The zero-order chi connectivity index (χ0) is 22.5. The highest BCUT2D eigenvalue weighted by Crippen LogP contribution is 2.20. The molecule has 1 atom stereocenters. The molecule has 4 rings (SSSR count). The number of ether oxygens (including phenoxy) is 2. The molecule has 0 spiro atoms. The molecular weight excluding hydrogens is 406 g/mol. The van der Waals surface area contributed by atoms with E-state index in [9.17, 15) is 9.59 Å². The Balaban J connectivity index is 1.56. The molecule has 3 aromatic rings. The number of fused-ring (bicyclic) bond motifs is 1. The maximum absolute atomic E-state index is 13.1. The van der Waals surface area contributed by atoms with E-state index in [1.165, 1.54) is 4.68 Å². The SMILES string of the molecule is CCOCCCC1C(=O)N=c2[nH]n(-c3ccc(OCc4ccccc4)cc3)c(=O)c2=C1C. The van der Waals surface area contributed by atoms with Gasteiger partial charge < -0.3 is 9.47 Å². The van der Waals surface area contributed by atoms with Crippen molar-refractivity contribution in [1.82, 2.24) is 9.78 Å². The second-order valence-corrected chi connectivity index (χ2v) is 7.77. The lowest BCUT2D eigenvalue weighted by molar-refractivity contribution is -0.120. The molecule has 1 aliphatic heterocycles. The first-order valence-corrected chi connectivity index (χ1v) is 10.9. The number of nitrogens with zero attached hydrogens (tertiary/aromatic N) is 2. The van der Waals surface area contributed by atoms with E-state index in [1.807, 2.05) is 56.3 Å². The zero-order valence-electron chi connectivity index (χ0n) is 18.3. The van der Waals surface area contributed by atoms with Gasteiger partial charge in [-0.1, -0.05) is 30.3 Å². The molecule has 7 nitrogen and oxygen atoms in total. The van der Waals surface area contributed by atoms with Crippen molar-refractivity contribution in [2.24, 2.45) is 10.9 Å². The van der Waals surface area contributed by atoms with E-state index in [4.69, 9.17) is 9.47 Å². The lowest BCUT2D eigenvalue weighted by Crippen LogP contribution is -2.43. The number of benzene rings is 2. The minimum Gasteiger partial charge on any atom is -0.489 e. The van der Waals surface area contributed by atoms with Crippen molar-refractivity contribution in [3.8, 4) is 11.4 Å². The molecule has 0 saturated heterocycles. The zero-order valence-corrected chi connectivity index (χ0v) is 18.3. The standard InChI is InChI=1S/C25H27N3O4/c1-3-31-15-7-10-21-17(2)22-23(26-24(21)29)27-28(25(22)30)19-11-13-20(14-12-19)32-16-18-8-5-4-6-9-18/h4-6,8-9,11-14,21H,3,7,10,15-16H2,1-2H3,(H,26,27,29). The Labute approximate surface area is 186 Å². The van der Waals surface area contributed by atoms with Crippen molar-refractivity contribution < 1.29 is 14.3 Å². The van der Waals surface area contributed by atoms with E-state index in [0.29, 0.717) is 48.4 Å². The number of nitrogens with one attached hydrogen (secondary N) is 1. The topological polar surface area (TPSA) is 85.7 Å². The first kappa shape index (κ1) is 21.8. The Hall–Kier alpha value is -3.45. The number of hydrogen-bond donors (Lipinski definition) is 1. The van der Waals surface area contributed by atoms with Crippen molar-refractivity contribution in [2.45, 2.75) is 33.3 Å². The molecule has 166 valence electrons. The minimum absolute atomic E-state index is 0.207. The summed E-state index contributed by atoms with van der Waals surface area (Å²) in [6.45, 7) is 5.49. The summed E-state index contributed by atoms with van der Waals surface area (Å²) in [5, 5.41) is 3.47. The van der Waals surface area contributed by atoms with Gasteiger partial charge in [-0.3, -0.25) is 14.7 Å². The summed E-state index contributed by atoms with van der Waals surface area (Å²) >= 11 is 0. The molecular formula is C25H27N3O4. The number of aromatic nitrogens is 2. The Bertz CT molecular complexity index is 1260. The minimum atomic E-state index is -0.381. The van der Waals surface area contributed by atoms with E-state index in [0.717, 1.165) is 17.6 Å². The van der Waals surface area contributed by atoms with E-state index < -0.39 is 0 Å². The maximum Gasteiger partial charge on any atom is 0.280 e. The largest absolute Gasteiger partial charge is 0.489 e. The number of hydrogen-bond acceptors (Lipinski definition) is 4. The quantitative estimate of drug-likeness (QED) is 0.526. The van der Waals surface area contributed by atoms with Crippen LogP contribution in [0.25, 0.3) is 11.3 Å². The highest BCUT2D eigenvalue weighted by molar-refractivity contribution is 5.89. The number of aromatic amines is 1. The van der Waals surface area contributed by atoms with Crippen LogP contribution in [-0.4, -0.2) is 28.9 Å². The summed E-state index contributed by atoms with van der Waals surface area (Å²) < 4.78 is 12.6. The Morgan fingerprint density at radius 2 is 1.81 bits per heavy atom. The highest BCUT2D eigenvalue weighted by Gasteiger charge is 2.26. The molecule has 1 aromatic heterocycles. The van der Waals surface area contributed by atoms with Gasteiger partial charge in [-0.2, -0.15) is 4.99 Å². The van der Waals surface area contributed by atoms with Gasteiger partial charge in [0, 0.05) is 13.2 Å². The summed E-state index contributed by atoms with van der Waals surface area (Å²) in [6.07, 6.45) is 1.36. The van der Waals surface area contributed by atoms with Gasteiger partial charge in [-0.25, -0.2) is 4.68 Å². The third-order valence-electron chi connectivity index (χ3n) is 5.64. The van der Waals surface area contributed by atoms with Gasteiger partial charge in [0.05, 0.1) is 16.8 Å². The number of carbonyl (C=O) groups is 1. The van der Waals surface area contributed by atoms with Gasteiger partial charge in [0.15, 0.2) is 5.49 Å². The number of rotatable bonds is 9. The Kier molecular flexibility index (Phi) is 6.66. The van der Waals surface area contributed by atoms with E-state index in [1.54, 1.807) is 12.1 Å². The van der Waals surface area contributed by atoms with Gasteiger partial charge in [0.2, 0.25) is 0 Å². The molecule has 0 bridgehead atoms. The first-order valence-electron chi connectivity index (χ1n) is 10.9. The lowest BCUT2D eigenvalue weighted by Gasteiger charge is -2.15. The Morgan fingerprint density at radius 3 is 2.53 bits per heavy atom. The average Bonchev–Trinajstić information content (AvgIpc) is 3.14. The van der Waals surface area contributed by atoms with Crippen LogP contribution in [0.4, 0.5) is 0 Å². The molecule has 1 aliphatic rings. The molecule has 0 saturated carbocycles. The van der Waals surface area contributed by atoms with Crippen molar-refractivity contribution in [1.29, 1.82) is 0 Å². The molecule has 2 aromatic carbocycles. The summed E-state index contributed by atoms with van der Waals surface area (Å²) in [7, 11) is 0. The second kappa shape index (κ2) is 9.78. The predicted molar refractivity (Wildman–Crippen MR) is 121 cm³/mol. The normalized spacial score (nSPS) is 15.4. The number of H-pyrrole nitrogens is 1. The van der Waals surface area contributed by atoms with Crippen LogP contribution < -0.4 is 21.0 Å². The average molecular weight is 434 g/mol. The van der Waals surface area contributed by atoms with Crippen LogP contribution in [0.15, 0.2) is 64.4 Å². The lowest BCUT2D eigenvalue weighted by atomic mass is 9.92. The summed E-state index contributed by atoms with van der Waals surface area (Å²) in [4.78, 5) is 29.8. The fraction of sp³-hybridized carbons (Fsp3) is 0.320. The van der Waals surface area contributed by atoms with E-state index >= 15 is 0 Å². The molecule has 32 heavy (non-hydrogen) atoms. The van der Waals surface area contributed by atoms with Crippen LogP contribution in [0, 0.1) is 5.92 Å². The van der Waals surface area contributed by atoms with Crippen molar-refractivity contribution >= 4 is 11.5 Å². The summed E-state index contributed by atoms with van der Waals surface area (Å²) in [6, 6.07) is 17.2. The monoisotopic (exact) mass is 433 g/mol. The first-order chi connectivity index (χ1) is 15.6. The van der Waals surface area contributed by atoms with Crippen LogP contribution in [0.2, 0.25) is 0 Å². The molecule has 1 unspecified atom stereocenters. The molecule has 1 N–H and O–H groups in total. The fourth-order valence-corrected chi connectivity index (χ4v) is 3.90. The van der Waals surface area contributed by atoms with Crippen LogP contribution in [0.5, 0.6) is 5.75 Å². The van der Waals surface area contributed by atoms with Gasteiger partial charge >= 0.3 is 0 Å². The fourth-order valence-electron chi connectivity index (χ4n) is 3.90. The Morgan fingerprint density at radius 1 is 1.06 bits per heavy atom. The third kappa shape index (κ3) is 4.57. The van der Waals surface area contributed by atoms with Crippen molar-refractivity contribution in [2.75, 3.05) is 13.2 Å². The van der Waals surface area contributed by atoms with E-state index in [-0.39, 0.29) is 17.4 Å². The number of amides is 1. The van der Waals surface area contributed by atoms with Gasteiger partial charge in [-0.05, 0) is 62.1 Å².